The van der Waals surface area contributed by atoms with Gasteiger partial charge in [0.05, 0.1) is 0 Å². The quantitative estimate of drug-likeness (QED) is 0.773. The van der Waals surface area contributed by atoms with E-state index in [0.29, 0.717) is 18.9 Å². The summed E-state index contributed by atoms with van der Waals surface area (Å²) >= 11 is 0. The van der Waals surface area contributed by atoms with Crippen molar-refractivity contribution in [3.05, 3.63) is 30.7 Å². The fourth-order valence-corrected chi connectivity index (χ4v) is 4.52. The predicted molar refractivity (Wildman–Crippen MR) is 105 cm³/mol. The molecule has 0 bridgehead atoms. The maximum absolute atomic E-state index is 12.0. The highest BCUT2D eigenvalue weighted by Crippen LogP contribution is 2.26. The normalized spacial score (nSPS) is 18.2. The molecule has 0 radical (unpaired) electrons. The molecule has 0 spiro atoms. The maximum atomic E-state index is 12.0. The van der Waals surface area contributed by atoms with E-state index in [2.05, 4.69) is 30.8 Å². The lowest BCUT2D eigenvalue weighted by Gasteiger charge is -2.36. The number of hydrogen-bond donors (Lipinski definition) is 0. The number of sulfone groups is 1. The van der Waals surface area contributed by atoms with Crippen molar-refractivity contribution in [2.75, 3.05) is 60.2 Å². The molecule has 0 N–H and O–H groups in total. The molecule has 9 heteroatoms. The van der Waals surface area contributed by atoms with Crippen LogP contribution in [-0.2, 0) is 9.84 Å². The first-order chi connectivity index (χ1) is 13.0. The zero-order valence-corrected chi connectivity index (χ0v) is 16.3. The summed E-state index contributed by atoms with van der Waals surface area (Å²) in [5, 5.41) is 0. The van der Waals surface area contributed by atoms with E-state index in [0.717, 1.165) is 37.8 Å². The molecule has 27 heavy (non-hydrogen) atoms. The van der Waals surface area contributed by atoms with E-state index in [-0.39, 0.29) is 4.90 Å². The molecular formula is C18H24N6O2S. The van der Waals surface area contributed by atoms with E-state index in [4.69, 9.17) is 0 Å². The molecular weight excluding hydrogens is 364 g/mol. The lowest BCUT2D eigenvalue weighted by molar-refractivity contribution is 0.598. The van der Waals surface area contributed by atoms with Crippen molar-refractivity contribution in [3.8, 4) is 0 Å². The summed E-state index contributed by atoms with van der Waals surface area (Å²) in [5.74, 6) is 2.46. The lowest BCUT2D eigenvalue weighted by atomic mass is 10.3. The van der Waals surface area contributed by atoms with Crippen LogP contribution >= 0.6 is 0 Å². The SMILES string of the molecule is CS(=O)(=O)c1cccnc1N1CCN(c2cc(N3CCCC3)ncn2)CC1. The van der Waals surface area contributed by atoms with Crippen molar-refractivity contribution in [2.24, 2.45) is 0 Å². The standard InChI is InChI=1S/C18H24N6O2S/c1-27(25,26)15-5-4-6-19-18(15)24-11-9-23(10-12-24)17-13-16(20-14-21-17)22-7-2-3-8-22/h4-6,13-14H,2-3,7-12H2,1H3. The van der Waals surface area contributed by atoms with E-state index < -0.39 is 9.84 Å². The Balaban J connectivity index is 1.48. The lowest BCUT2D eigenvalue weighted by Crippen LogP contribution is -2.47. The molecule has 2 aromatic rings. The zero-order chi connectivity index (χ0) is 18.9. The van der Waals surface area contributed by atoms with Crippen LogP contribution in [0, 0.1) is 0 Å². The van der Waals surface area contributed by atoms with Crippen LogP contribution < -0.4 is 14.7 Å². The number of pyridine rings is 1. The largest absolute Gasteiger partial charge is 0.356 e. The van der Waals surface area contributed by atoms with Gasteiger partial charge in [-0.15, -0.1) is 0 Å². The van der Waals surface area contributed by atoms with Crippen LogP contribution in [0.4, 0.5) is 17.5 Å². The highest BCUT2D eigenvalue weighted by Gasteiger charge is 2.24. The Kier molecular flexibility index (Phi) is 4.86. The fraction of sp³-hybridized carbons (Fsp3) is 0.500. The molecule has 0 unspecified atom stereocenters. The average molecular weight is 388 g/mol. The molecule has 0 aliphatic carbocycles. The number of piperazine rings is 1. The Labute approximate surface area is 159 Å². The van der Waals surface area contributed by atoms with Crippen LogP contribution in [0.1, 0.15) is 12.8 Å². The first-order valence-corrected chi connectivity index (χ1v) is 11.1. The number of hydrogen-bond acceptors (Lipinski definition) is 8. The van der Waals surface area contributed by atoms with Gasteiger partial charge in [0, 0.05) is 57.8 Å². The van der Waals surface area contributed by atoms with Gasteiger partial charge in [0.2, 0.25) is 0 Å². The van der Waals surface area contributed by atoms with Gasteiger partial charge in [-0.3, -0.25) is 0 Å². The van der Waals surface area contributed by atoms with Gasteiger partial charge in [0.25, 0.3) is 0 Å². The van der Waals surface area contributed by atoms with Gasteiger partial charge in [-0.1, -0.05) is 0 Å². The van der Waals surface area contributed by atoms with Gasteiger partial charge < -0.3 is 14.7 Å². The van der Waals surface area contributed by atoms with Crippen molar-refractivity contribution in [1.29, 1.82) is 0 Å². The van der Waals surface area contributed by atoms with E-state index in [9.17, 15) is 8.42 Å². The molecule has 2 aromatic heterocycles. The van der Waals surface area contributed by atoms with Crippen LogP contribution in [0.5, 0.6) is 0 Å². The Bertz CT molecular complexity index is 906. The highest BCUT2D eigenvalue weighted by molar-refractivity contribution is 7.90. The third-order valence-corrected chi connectivity index (χ3v) is 6.24. The van der Waals surface area contributed by atoms with E-state index in [1.807, 2.05) is 4.90 Å². The van der Waals surface area contributed by atoms with Gasteiger partial charge >= 0.3 is 0 Å². The summed E-state index contributed by atoms with van der Waals surface area (Å²) in [7, 11) is -3.31. The third kappa shape index (κ3) is 3.83. The summed E-state index contributed by atoms with van der Waals surface area (Å²) in [6.07, 6.45) is 6.93. The topological polar surface area (TPSA) is 82.5 Å². The van der Waals surface area contributed by atoms with Crippen molar-refractivity contribution in [1.82, 2.24) is 15.0 Å². The second kappa shape index (κ2) is 7.30. The summed E-state index contributed by atoms with van der Waals surface area (Å²) in [6, 6.07) is 5.34. The molecule has 2 fully saturated rings. The molecule has 2 aliphatic heterocycles. The van der Waals surface area contributed by atoms with Gasteiger partial charge in [0.15, 0.2) is 9.84 Å². The molecule has 144 valence electrons. The van der Waals surface area contributed by atoms with Crippen LogP contribution in [0.3, 0.4) is 0 Å². The van der Waals surface area contributed by atoms with E-state index in [1.165, 1.54) is 19.1 Å². The summed E-state index contributed by atoms with van der Waals surface area (Å²) in [5.41, 5.74) is 0. The molecule has 2 aliphatic rings. The smallest absolute Gasteiger partial charge is 0.179 e. The molecule has 0 saturated carbocycles. The molecule has 0 atom stereocenters. The van der Waals surface area contributed by atoms with Gasteiger partial charge in [-0.25, -0.2) is 23.4 Å². The molecule has 0 aromatic carbocycles. The minimum Gasteiger partial charge on any atom is -0.356 e. The molecule has 0 amide bonds. The van der Waals surface area contributed by atoms with Crippen LogP contribution in [-0.4, -0.2) is 68.9 Å². The monoisotopic (exact) mass is 388 g/mol. The number of rotatable bonds is 4. The van der Waals surface area contributed by atoms with E-state index in [1.54, 1.807) is 24.7 Å². The Morgan fingerprint density at radius 2 is 1.44 bits per heavy atom. The molecule has 2 saturated heterocycles. The van der Waals surface area contributed by atoms with Crippen molar-refractivity contribution < 1.29 is 8.42 Å². The van der Waals surface area contributed by atoms with Crippen LogP contribution in [0.2, 0.25) is 0 Å². The first kappa shape index (κ1) is 18.0. The summed E-state index contributed by atoms with van der Waals surface area (Å²) < 4.78 is 24.1. The average Bonchev–Trinajstić information content (AvgIpc) is 3.23. The second-order valence-corrected chi connectivity index (χ2v) is 8.98. The van der Waals surface area contributed by atoms with Crippen LogP contribution in [0.25, 0.3) is 0 Å². The van der Waals surface area contributed by atoms with Gasteiger partial charge in [-0.2, -0.15) is 0 Å². The zero-order valence-electron chi connectivity index (χ0n) is 15.5. The molecule has 4 heterocycles. The number of nitrogens with zero attached hydrogens (tertiary/aromatic N) is 6. The van der Waals surface area contributed by atoms with Gasteiger partial charge in [-0.05, 0) is 25.0 Å². The Morgan fingerprint density at radius 3 is 2.07 bits per heavy atom. The van der Waals surface area contributed by atoms with Crippen molar-refractivity contribution in [3.63, 3.8) is 0 Å². The highest BCUT2D eigenvalue weighted by atomic mass is 32.2. The Morgan fingerprint density at radius 1 is 0.852 bits per heavy atom. The maximum Gasteiger partial charge on any atom is 0.179 e. The van der Waals surface area contributed by atoms with Crippen LogP contribution in [0.15, 0.2) is 35.6 Å². The predicted octanol–water partition coefficient (Wildman–Crippen LogP) is 1.20. The molecule has 8 nitrogen and oxygen atoms in total. The number of aromatic nitrogens is 3. The summed E-state index contributed by atoms with van der Waals surface area (Å²) in [4.78, 5) is 20.0. The minimum absolute atomic E-state index is 0.289. The minimum atomic E-state index is -3.31. The van der Waals surface area contributed by atoms with E-state index >= 15 is 0 Å². The second-order valence-electron chi connectivity index (χ2n) is 7.00. The van der Waals surface area contributed by atoms with Crippen molar-refractivity contribution in [2.45, 2.75) is 17.7 Å². The van der Waals surface area contributed by atoms with Crippen molar-refractivity contribution >= 4 is 27.3 Å². The van der Waals surface area contributed by atoms with Gasteiger partial charge in [0.1, 0.15) is 28.7 Å². The Hall–Kier alpha value is -2.42. The number of anilines is 3. The summed E-state index contributed by atoms with van der Waals surface area (Å²) in [6.45, 7) is 5.02. The fourth-order valence-electron chi connectivity index (χ4n) is 3.69. The first-order valence-electron chi connectivity index (χ1n) is 9.24. The third-order valence-electron chi connectivity index (χ3n) is 5.12. The molecule has 4 rings (SSSR count).